The van der Waals surface area contributed by atoms with E-state index in [9.17, 15) is 9.59 Å². The Morgan fingerprint density at radius 2 is 2.05 bits per heavy atom. The van der Waals surface area contributed by atoms with Gasteiger partial charge in [0.05, 0.1) is 0 Å². The number of carbonyl (C=O) groups excluding carboxylic acids is 2. The Bertz CT molecular complexity index is 678. The van der Waals surface area contributed by atoms with Crippen LogP contribution in [-0.2, 0) is 0 Å². The van der Waals surface area contributed by atoms with E-state index in [0.29, 0.717) is 11.3 Å². The lowest BCUT2D eigenvalue weighted by molar-refractivity contribution is 0.0935. The van der Waals surface area contributed by atoms with E-state index in [1.54, 1.807) is 12.3 Å². The number of benzene rings is 1. The zero-order chi connectivity index (χ0) is 15.5. The molecule has 1 aliphatic rings. The van der Waals surface area contributed by atoms with Gasteiger partial charge in [0.1, 0.15) is 5.69 Å². The highest BCUT2D eigenvalue weighted by molar-refractivity contribution is 5.99. The molecule has 1 aliphatic heterocycles. The first-order chi connectivity index (χ1) is 10.6. The average Bonchev–Trinajstić information content (AvgIpc) is 3.17. The van der Waals surface area contributed by atoms with Gasteiger partial charge in [-0.2, -0.15) is 0 Å². The van der Waals surface area contributed by atoms with Gasteiger partial charge in [-0.05, 0) is 31.5 Å². The third-order valence-electron chi connectivity index (χ3n) is 3.98. The molecule has 1 aromatic heterocycles. The molecule has 0 radical (unpaired) electrons. The predicted octanol–water partition coefficient (Wildman–Crippen LogP) is 2.23. The number of carbonyl (C=O) groups is 2. The fourth-order valence-corrected chi connectivity index (χ4v) is 2.74. The summed E-state index contributed by atoms with van der Waals surface area (Å²) < 4.78 is 0. The van der Waals surface area contributed by atoms with E-state index in [2.05, 4.69) is 27.3 Å². The van der Waals surface area contributed by atoms with Crippen molar-refractivity contribution in [1.82, 2.24) is 10.3 Å². The number of nitrogens with zero attached hydrogens (tertiary/aromatic N) is 1. The number of rotatable bonds is 4. The van der Waals surface area contributed by atoms with E-state index >= 15 is 0 Å². The zero-order valence-electron chi connectivity index (χ0n) is 12.5. The molecule has 0 saturated carbocycles. The molecule has 3 rings (SSSR count). The van der Waals surface area contributed by atoms with Crippen LogP contribution in [0.2, 0.25) is 0 Å². The number of H-pyrrole nitrogens is 1. The van der Waals surface area contributed by atoms with Crippen molar-refractivity contribution in [2.45, 2.75) is 19.4 Å². The second-order valence-corrected chi connectivity index (χ2v) is 5.60. The van der Waals surface area contributed by atoms with Crippen LogP contribution in [0.15, 0.2) is 42.6 Å². The highest BCUT2D eigenvalue weighted by Gasteiger charge is 2.24. The molecule has 0 spiro atoms. The molecule has 1 amide bonds. The summed E-state index contributed by atoms with van der Waals surface area (Å²) >= 11 is 0. The minimum absolute atomic E-state index is 0.0496. The van der Waals surface area contributed by atoms with Gasteiger partial charge in [-0.15, -0.1) is 0 Å². The Morgan fingerprint density at radius 1 is 1.27 bits per heavy atom. The Kier molecular flexibility index (Phi) is 3.96. The van der Waals surface area contributed by atoms with Crippen molar-refractivity contribution >= 4 is 17.4 Å². The smallest absolute Gasteiger partial charge is 0.267 e. The maximum Gasteiger partial charge on any atom is 0.267 e. The summed E-state index contributed by atoms with van der Waals surface area (Å²) in [5.41, 5.74) is 2.14. The van der Waals surface area contributed by atoms with Gasteiger partial charge in [0.2, 0.25) is 0 Å². The van der Waals surface area contributed by atoms with Gasteiger partial charge < -0.3 is 15.2 Å². The van der Waals surface area contributed by atoms with Crippen LogP contribution < -0.4 is 10.2 Å². The van der Waals surface area contributed by atoms with Gasteiger partial charge >= 0.3 is 0 Å². The first kappa shape index (κ1) is 14.4. The van der Waals surface area contributed by atoms with Crippen LogP contribution in [0.25, 0.3) is 0 Å². The van der Waals surface area contributed by atoms with Crippen LogP contribution in [0.1, 0.15) is 34.2 Å². The molecule has 1 aromatic carbocycles. The number of aromatic nitrogens is 1. The molecular formula is C17H19N3O2. The molecule has 1 atom stereocenters. The first-order valence-electron chi connectivity index (χ1n) is 7.43. The molecule has 1 fully saturated rings. The molecule has 114 valence electrons. The van der Waals surface area contributed by atoms with E-state index in [-0.39, 0.29) is 17.7 Å². The minimum atomic E-state index is -0.160. The molecule has 1 saturated heterocycles. The SMILES string of the molecule is CC(=O)c1c[nH]c(C(=O)N[C@@H]2CCN(c3ccccc3)C2)c1. The number of hydrogen-bond donors (Lipinski definition) is 2. The maximum atomic E-state index is 12.2. The van der Waals surface area contributed by atoms with Crippen molar-refractivity contribution in [3.8, 4) is 0 Å². The molecule has 2 heterocycles. The van der Waals surface area contributed by atoms with Gasteiger partial charge in [0.15, 0.2) is 5.78 Å². The average molecular weight is 297 g/mol. The van der Waals surface area contributed by atoms with Crippen molar-refractivity contribution in [2.75, 3.05) is 18.0 Å². The third-order valence-corrected chi connectivity index (χ3v) is 3.98. The number of Topliss-reactive ketones (excluding diaryl/α,β-unsaturated/α-hetero) is 1. The number of aromatic amines is 1. The van der Waals surface area contributed by atoms with Gasteiger partial charge in [0.25, 0.3) is 5.91 Å². The standard InChI is InChI=1S/C17H19N3O2/c1-12(21)13-9-16(18-10-13)17(22)19-14-7-8-20(11-14)15-5-3-2-4-6-15/h2-6,9-10,14,18H,7-8,11H2,1H3,(H,19,22)/t14-/m1/s1. The van der Waals surface area contributed by atoms with Gasteiger partial charge in [-0.25, -0.2) is 0 Å². The molecule has 5 heteroatoms. The predicted molar refractivity (Wildman–Crippen MR) is 85.3 cm³/mol. The van der Waals surface area contributed by atoms with Gasteiger partial charge in [-0.3, -0.25) is 9.59 Å². The van der Waals surface area contributed by atoms with Crippen LogP contribution in [0.4, 0.5) is 5.69 Å². The van der Waals surface area contributed by atoms with Crippen LogP contribution in [0.5, 0.6) is 0 Å². The number of amides is 1. The van der Waals surface area contributed by atoms with E-state index in [4.69, 9.17) is 0 Å². The largest absolute Gasteiger partial charge is 0.369 e. The summed E-state index contributed by atoms with van der Waals surface area (Å²) in [4.78, 5) is 28.6. The van der Waals surface area contributed by atoms with E-state index in [0.717, 1.165) is 19.5 Å². The molecule has 2 aromatic rings. The van der Waals surface area contributed by atoms with Crippen molar-refractivity contribution in [3.05, 3.63) is 53.9 Å². The Hall–Kier alpha value is -2.56. The fourth-order valence-electron chi connectivity index (χ4n) is 2.74. The third kappa shape index (κ3) is 3.03. The quantitative estimate of drug-likeness (QED) is 0.851. The van der Waals surface area contributed by atoms with Gasteiger partial charge in [-0.1, -0.05) is 18.2 Å². The number of ketones is 1. The molecular weight excluding hydrogens is 278 g/mol. The summed E-state index contributed by atoms with van der Waals surface area (Å²) in [6.45, 7) is 3.22. The van der Waals surface area contributed by atoms with E-state index in [1.807, 2.05) is 18.2 Å². The topological polar surface area (TPSA) is 65.2 Å². The van der Waals surface area contributed by atoms with Crippen LogP contribution in [0.3, 0.4) is 0 Å². The summed E-state index contributed by atoms with van der Waals surface area (Å²) in [6, 6.07) is 11.9. The lowest BCUT2D eigenvalue weighted by atomic mass is 10.2. The molecule has 0 unspecified atom stereocenters. The monoisotopic (exact) mass is 297 g/mol. The van der Waals surface area contributed by atoms with Crippen LogP contribution in [0, 0.1) is 0 Å². The van der Waals surface area contributed by atoms with Crippen LogP contribution >= 0.6 is 0 Å². The summed E-state index contributed by atoms with van der Waals surface area (Å²) in [5.74, 6) is -0.209. The van der Waals surface area contributed by atoms with Crippen LogP contribution in [-0.4, -0.2) is 35.8 Å². The van der Waals surface area contributed by atoms with Crippen molar-refractivity contribution in [2.24, 2.45) is 0 Å². The number of hydrogen-bond acceptors (Lipinski definition) is 3. The van der Waals surface area contributed by atoms with E-state index in [1.165, 1.54) is 12.6 Å². The highest BCUT2D eigenvalue weighted by Crippen LogP contribution is 2.19. The lowest BCUT2D eigenvalue weighted by Crippen LogP contribution is -2.37. The fraction of sp³-hybridized carbons (Fsp3) is 0.294. The van der Waals surface area contributed by atoms with Crippen molar-refractivity contribution < 1.29 is 9.59 Å². The minimum Gasteiger partial charge on any atom is -0.369 e. The summed E-state index contributed by atoms with van der Waals surface area (Å²) in [6.07, 6.45) is 2.49. The van der Waals surface area contributed by atoms with Gasteiger partial charge in [0, 0.05) is 36.6 Å². The highest BCUT2D eigenvalue weighted by atomic mass is 16.2. The Morgan fingerprint density at radius 3 is 2.73 bits per heavy atom. The molecule has 0 aliphatic carbocycles. The second kappa shape index (κ2) is 6.05. The Balaban J connectivity index is 1.60. The number of para-hydroxylation sites is 1. The van der Waals surface area contributed by atoms with E-state index < -0.39 is 0 Å². The zero-order valence-corrected chi connectivity index (χ0v) is 12.5. The molecule has 2 N–H and O–H groups in total. The summed E-state index contributed by atoms with van der Waals surface area (Å²) in [5, 5.41) is 3.02. The normalized spacial score (nSPS) is 17.5. The number of nitrogens with one attached hydrogen (secondary N) is 2. The molecule has 22 heavy (non-hydrogen) atoms. The first-order valence-corrected chi connectivity index (χ1v) is 7.43. The second-order valence-electron chi connectivity index (χ2n) is 5.60. The molecule has 5 nitrogen and oxygen atoms in total. The number of anilines is 1. The lowest BCUT2D eigenvalue weighted by Gasteiger charge is -2.18. The Labute approximate surface area is 129 Å². The molecule has 0 bridgehead atoms. The van der Waals surface area contributed by atoms with Crippen molar-refractivity contribution in [1.29, 1.82) is 0 Å². The maximum absolute atomic E-state index is 12.2. The van der Waals surface area contributed by atoms with Crippen molar-refractivity contribution in [3.63, 3.8) is 0 Å². The summed E-state index contributed by atoms with van der Waals surface area (Å²) in [7, 11) is 0.